The number of nitrogens with zero attached hydrogens (tertiary/aromatic N) is 6. The van der Waals surface area contributed by atoms with Crippen LogP contribution in [0.2, 0.25) is 15.1 Å². The van der Waals surface area contributed by atoms with Crippen LogP contribution in [-0.4, -0.2) is 49.0 Å². The quantitative estimate of drug-likeness (QED) is 0.0463. The fourth-order valence-corrected chi connectivity index (χ4v) is 9.83. The molecule has 2 aromatic heterocycles. The van der Waals surface area contributed by atoms with Crippen LogP contribution >= 0.6 is 34.8 Å². The molecule has 404 valence electrons. The summed E-state index contributed by atoms with van der Waals surface area (Å²) < 4.78 is 2.87. The highest BCUT2D eigenvalue weighted by molar-refractivity contribution is 6.43. The Morgan fingerprint density at radius 2 is 0.910 bits per heavy atom. The van der Waals surface area contributed by atoms with Gasteiger partial charge in [0.1, 0.15) is 0 Å². The van der Waals surface area contributed by atoms with E-state index in [1.807, 2.05) is 114 Å². The van der Waals surface area contributed by atoms with E-state index in [-0.39, 0.29) is 11.1 Å². The van der Waals surface area contributed by atoms with Crippen molar-refractivity contribution in [1.82, 2.24) is 24.6 Å². The SMILES string of the molecule is CCCC(C)=NN(C)C(=O)C(=O)c1cc(-c2ccc(Cl)cc2)ccc1CC.CCc1ccc(-c2ccc(Cl)cc2)cc1-c1c(C)c(C)nn(C)c1=O.CCc1ccc(-c2ccc(Cl)cc2)cc1-c1c(CC)c(C)nn(C)c1=O. The second kappa shape index (κ2) is 27.4. The summed E-state index contributed by atoms with van der Waals surface area (Å²) in [6, 6.07) is 41.2. The molecule has 13 heteroatoms. The molecule has 0 saturated heterocycles. The predicted octanol–water partition coefficient (Wildman–Crippen LogP) is 15.5. The molecular formula is C65H69Cl3N6O4. The number of amides is 1. The molecule has 0 saturated carbocycles. The Hall–Kier alpha value is -7.24. The standard InChI is InChI=1S/C22H25ClN2O2.C22H23ClN2O.C21H21ClN2O/c1-5-7-15(3)24-25(4)22(27)21(26)20-14-18(9-8-16(20)6-2)17-10-12-19(23)13-11-17;1-5-15-7-8-17(16-9-11-18(23)12-10-16)13-20(15)21-19(6-2)14(3)24-25(4)22(21)26;1-5-15-6-7-17(16-8-10-18(22)11-9-16)12-19(15)20-13(2)14(3)23-24(4)21(20)25/h8-14H,5-7H2,1-4H3;7-13H,5-6H2,1-4H3;6-12H,5H2,1-4H3. The highest BCUT2D eigenvalue weighted by Gasteiger charge is 2.24. The predicted molar refractivity (Wildman–Crippen MR) is 324 cm³/mol. The second-order valence-electron chi connectivity index (χ2n) is 19.2. The summed E-state index contributed by atoms with van der Waals surface area (Å²) >= 11 is 18.0. The maximum atomic E-state index is 12.9. The van der Waals surface area contributed by atoms with E-state index < -0.39 is 11.7 Å². The van der Waals surface area contributed by atoms with Crippen molar-refractivity contribution in [3.8, 4) is 55.6 Å². The number of carbonyl (C=O) groups excluding carboxylic acids is 2. The number of rotatable bonds is 14. The number of carbonyl (C=O) groups is 2. The first-order valence-corrected chi connectivity index (χ1v) is 27.5. The number of ketones is 1. The van der Waals surface area contributed by atoms with Gasteiger partial charge in [-0.25, -0.2) is 14.4 Å². The fraction of sp³-hybridized carbons (Fsp3) is 0.277. The summed E-state index contributed by atoms with van der Waals surface area (Å²) in [5, 5.41) is 16.1. The number of hydrazone groups is 1. The first-order valence-electron chi connectivity index (χ1n) is 26.4. The van der Waals surface area contributed by atoms with Crippen LogP contribution in [0.1, 0.15) is 104 Å². The smallest absolute Gasteiger partial charge is 0.283 e. The molecule has 0 unspecified atom stereocenters. The molecule has 8 aromatic rings. The number of halogens is 3. The molecule has 0 spiro atoms. The van der Waals surface area contributed by atoms with Crippen molar-refractivity contribution in [2.75, 3.05) is 7.05 Å². The van der Waals surface area contributed by atoms with Gasteiger partial charge in [-0.05, 0) is 187 Å². The molecule has 2 heterocycles. The summed E-state index contributed by atoms with van der Waals surface area (Å²) in [6.45, 7) is 18.0. The maximum Gasteiger partial charge on any atom is 0.314 e. The summed E-state index contributed by atoms with van der Waals surface area (Å²) in [7, 11) is 4.94. The van der Waals surface area contributed by atoms with Gasteiger partial charge in [-0.3, -0.25) is 19.2 Å². The Morgan fingerprint density at radius 3 is 1.33 bits per heavy atom. The number of aryl methyl sites for hydroxylation is 7. The third-order valence-electron chi connectivity index (χ3n) is 13.8. The van der Waals surface area contributed by atoms with Gasteiger partial charge in [0.25, 0.3) is 16.9 Å². The number of likely N-dealkylation sites (N-methyl/N-ethyl adjacent to an activating group) is 1. The lowest BCUT2D eigenvalue weighted by Crippen LogP contribution is -2.30. The minimum Gasteiger partial charge on any atom is -0.283 e. The van der Waals surface area contributed by atoms with Gasteiger partial charge in [0.05, 0.1) is 22.5 Å². The lowest BCUT2D eigenvalue weighted by Gasteiger charge is -2.16. The number of hydrogen-bond donors (Lipinski definition) is 0. The molecule has 0 N–H and O–H groups in total. The van der Waals surface area contributed by atoms with Gasteiger partial charge < -0.3 is 0 Å². The molecule has 8 rings (SSSR count). The molecule has 0 radical (unpaired) electrons. The minimum atomic E-state index is -0.631. The van der Waals surface area contributed by atoms with Crippen LogP contribution in [0.25, 0.3) is 55.6 Å². The van der Waals surface area contributed by atoms with Gasteiger partial charge in [0.15, 0.2) is 0 Å². The fourth-order valence-electron chi connectivity index (χ4n) is 9.45. The van der Waals surface area contributed by atoms with Crippen molar-refractivity contribution in [3.05, 3.63) is 208 Å². The Balaban J connectivity index is 0.000000189. The largest absolute Gasteiger partial charge is 0.314 e. The van der Waals surface area contributed by atoms with E-state index in [4.69, 9.17) is 34.8 Å². The summed E-state index contributed by atoms with van der Waals surface area (Å²) in [4.78, 5) is 51.2. The van der Waals surface area contributed by atoms with Crippen molar-refractivity contribution in [3.63, 3.8) is 0 Å². The molecule has 0 aliphatic heterocycles. The molecule has 6 aromatic carbocycles. The van der Waals surface area contributed by atoms with Gasteiger partial charge in [-0.1, -0.05) is 149 Å². The summed E-state index contributed by atoms with van der Waals surface area (Å²) in [6.07, 6.45) is 4.90. The van der Waals surface area contributed by atoms with Crippen LogP contribution < -0.4 is 11.1 Å². The Labute approximate surface area is 474 Å². The van der Waals surface area contributed by atoms with Crippen molar-refractivity contribution in [2.45, 2.75) is 101 Å². The van der Waals surface area contributed by atoms with E-state index in [1.54, 1.807) is 32.3 Å². The third-order valence-corrected chi connectivity index (χ3v) is 14.6. The lowest BCUT2D eigenvalue weighted by molar-refractivity contribution is -0.125. The van der Waals surface area contributed by atoms with Crippen molar-refractivity contribution in [2.24, 2.45) is 19.2 Å². The van der Waals surface area contributed by atoms with E-state index in [1.165, 1.54) is 22.0 Å². The summed E-state index contributed by atoms with van der Waals surface area (Å²) in [5.41, 5.74) is 17.7. The second-order valence-corrected chi connectivity index (χ2v) is 20.5. The molecular weight excluding hydrogens is 1040 g/mol. The lowest BCUT2D eigenvalue weighted by atomic mass is 9.90. The van der Waals surface area contributed by atoms with Crippen molar-refractivity contribution in [1.29, 1.82) is 0 Å². The zero-order chi connectivity index (χ0) is 57.0. The van der Waals surface area contributed by atoms with Gasteiger partial charge in [0.2, 0.25) is 0 Å². The van der Waals surface area contributed by atoms with Gasteiger partial charge >= 0.3 is 5.91 Å². The highest BCUT2D eigenvalue weighted by atomic mass is 35.5. The van der Waals surface area contributed by atoms with Gasteiger partial charge in [0, 0.05) is 47.5 Å². The first-order chi connectivity index (χ1) is 37.2. The Kier molecular flexibility index (Phi) is 21.1. The van der Waals surface area contributed by atoms with Crippen LogP contribution in [-0.2, 0) is 44.6 Å². The van der Waals surface area contributed by atoms with Gasteiger partial charge in [-0.2, -0.15) is 15.3 Å². The summed E-state index contributed by atoms with van der Waals surface area (Å²) in [5.74, 6) is -1.17. The number of benzene rings is 6. The zero-order valence-corrected chi connectivity index (χ0v) is 49.1. The molecule has 0 aliphatic carbocycles. The van der Waals surface area contributed by atoms with E-state index in [2.05, 4.69) is 72.5 Å². The molecule has 0 fully saturated rings. The number of Topliss-reactive ketones (excluding diaryl/α,β-unsaturated/α-hetero) is 1. The van der Waals surface area contributed by atoms with Crippen LogP contribution in [0.3, 0.4) is 0 Å². The molecule has 0 bridgehead atoms. The average molecular weight is 1100 g/mol. The van der Waals surface area contributed by atoms with Crippen LogP contribution in [0.4, 0.5) is 0 Å². The minimum absolute atomic E-state index is 0.0459. The third kappa shape index (κ3) is 14.3. The Bertz CT molecular complexity index is 3600. The zero-order valence-electron chi connectivity index (χ0n) is 46.8. The number of aromatic nitrogens is 4. The number of hydrogen-bond acceptors (Lipinski definition) is 7. The maximum absolute atomic E-state index is 12.9. The van der Waals surface area contributed by atoms with Crippen LogP contribution in [0, 0.1) is 20.8 Å². The first kappa shape index (κ1) is 60.0. The molecule has 10 nitrogen and oxygen atoms in total. The van der Waals surface area contributed by atoms with Crippen molar-refractivity contribution >= 4 is 52.2 Å². The molecule has 0 aliphatic rings. The van der Waals surface area contributed by atoms with E-state index in [0.29, 0.717) is 27.1 Å². The Morgan fingerprint density at radius 1 is 0.526 bits per heavy atom. The monoisotopic (exact) mass is 1100 g/mol. The van der Waals surface area contributed by atoms with Gasteiger partial charge in [-0.15, -0.1) is 0 Å². The van der Waals surface area contributed by atoms with Crippen LogP contribution in [0.5, 0.6) is 0 Å². The van der Waals surface area contributed by atoms with E-state index in [0.717, 1.165) is 132 Å². The normalized spacial score (nSPS) is 11.1. The molecule has 1 amide bonds. The molecule has 78 heavy (non-hydrogen) atoms. The highest BCUT2D eigenvalue weighted by Crippen LogP contribution is 2.34. The van der Waals surface area contributed by atoms with Crippen molar-refractivity contribution < 1.29 is 9.59 Å². The topological polar surface area (TPSA) is 120 Å². The van der Waals surface area contributed by atoms with E-state index in [9.17, 15) is 19.2 Å². The average Bonchev–Trinajstić information content (AvgIpc) is 3.54. The van der Waals surface area contributed by atoms with E-state index >= 15 is 0 Å². The molecule has 0 atom stereocenters. The van der Waals surface area contributed by atoms with Crippen LogP contribution in [0.15, 0.2) is 142 Å².